The Morgan fingerprint density at radius 3 is 2.88 bits per heavy atom. The fourth-order valence-electron chi connectivity index (χ4n) is 2.16. The molecule has 0 bridgehead atoms. The number of hydrogen-bond donors (Lipinski definition) is 2. The van der Waals surface area contributed by atoms with E-state index in [1.54, 1.807) is 12.3 Å². The van der Waals surface area contributed by atoms with Crippen molar-refractivity contribution in [1.82, 2.24) is 5.43 Å². The lowest BCUT2D eigenvalue weighted by Gasteiger charge is -2.24. The van der Waals surface area contributed by atoms with Gasteiger partial charge >= 0.3 is 0 Å². The monoisotopic (exact) mass is 236 g/mol. The Morgan fingerprint density at radius 2 is 2.29 bits per heavy atom. The van der Waals surface area contributed by atoms with Crippen LogP contribution in [0.1, 0.15) is 30.0 Å². The van der Waals surface area contributed by atoms with Crippen LogP contribution in [0.5, 0.6) is 0 Å². The summed E-state index contributed by atoms with van der Waals surface area (Å²) in [6.45, 7) is 2.64. The zero-order chi connectivity index (χ0) is 12.3. The molecule has 0 saturated carbocycles. The molecule has 0 fully saturated rings. The molecule has 1 aromatic rings. The SMILES string of the molecule is Cc1cc(F)ccc1C(NN)C1=COCCC1. The first-order chi connectivity index (χ1) is 8.22. The molecule has 1 atom stereocenters. The first-order valence-corrected chi connectivity index (χ1v) is 5.75. The van der Waals surface area contributed by atoms with Crippen molar-refractivity contribution in [2.24, 2.45) is 5.84 Å². The van der Waals surface area contributed by atoms with Crippen molar-refractivity contribution in [2.45, 2.75) is 25.8 Å². The standard InChI is InChI=1S/C13H17FN2O/c1-9-7-11(14)4-5-12(9)13(16-15)10-3-2-6-17-8-10/h4-5,7-8,13,16H,2-3,6,15H2,1H3. The number of hydrazine groups is 1. The molecule has 92 valence electrons. The molecule has 0 aliphatic carbocycles. The van der Waals surface area contributed by atoms with Gasteiger partial charge in [-0.3, -0.25) is 5.84 Å². The van der Waals surface area contributed by atoms with Gasteiger partial charge in [-0.05, 0) is 48.6 Å². The summed E-state index contributed by atoms with van der Waals surface area (Å²) in [5.74, 6) is 5.38. The molecule has 0 aromatic heterocycles. The maximum Gasteiger partial charge on any atom is 0.123 e. The van der Waals surface area contributed by atoms with Crippen LogP contribution >= 0.6 is 0 Å². The summed E-state index contributed by atoms with van der Waals surface area (Å²) in [5.41, 5.74) is 5.76. The van der Waals surface area contributed by atoms with Crippen LogP contribution in [0.25, 0.3) is 0 Å². The van der Waals surface area contributed by atoms with Gasteiger partial charge in [0.15, 0.2) is 0 Å². The first-order valence-electron chi connectivity index (χ1n) is 5.75. The van der Waals surface area contributed by atoms with Crippen LogP contribution in [-0.2, 0) is 4.74 Å². The van der Waals surface area contributed by atoms with E-state index in [1.807, 2.05) is 6.92 Å². The van der Waals surface area contributed by atoms with Gasteiger partial charge in [0.2, 0.25) is 0 Å². The normalized spacial score (nSPS) is 17.2. The predicted octanol–water partition coefficient (Wildman–Crippen LogP) is 2.33. The topological polar surface area (TPSA) is 47.3 Å². The van der Waals surface area contributed by atoms with Crippen LogP contribution in [0.2, 0.25) is 0 Å². The van der Waals surface area contributed by atoms with Gasteiger partial charge in [0.05, 0.1) is 18.9 Å². The number of ether oxygens (including phenoxy) is 1. The Kier molecular flexibility index (Phi) is 3.76. The van der Waals surface area contributed by atoms with Crippen molar-refractivity contribution >= 4 is 0 Å². The van der Waals surface area contributed by atoms with Crippen molar-refractivity contribution in [3.8, 4) is 0 Å². The fourth-order valence-corrected chi connectivity index (χ4v) is 2.16. The second-order valence-corrected chi connectivity index (χ2v) is 4.27. The van der Waals surface area contributed by atoms with Gasteiger partial charge in [-0.2, -0.15) is 0 Å². The summed E-state index contributed by atoms with van der Waals surface area (Å²) >= 11 is 0. The number of aryl methyl sites for hydroxylation is 1. The Balaban J connectivity index is 2.31. The van der Waals surface area contributed by atoms with Crippen LogP contribution in [0, 0.1) is 12.7 Å². The third kappa shape index (κ3) is 2.65. The fraction of sp³-hybridized carbons (Fsp3) is 0.385. The van der Waals surface area contributed by atoms with Gasteiger partial charge in [-0.1, -0.05) is 6.07 Å². The number of hydrogen-bond acceptors (Lipinski definition) is 3. The molecule has 0 saturated heterocycles. The zero-order valence-corrected chi connectivity index (χ0v) is 9.87. The number of nitrogens with one attached hydrogen (secondary N) is 1. The maximum absolute atomic E-state index is 13.1. The zero-order valence-electron chi connectivity index (χ0n) is 9.87. The van der Waals surface area contributed by atoms with E-state index >= 15 is 0 Å². The highest BCUT2D eigenvalue weighted by Crippen LogP contribution is 2.29. The summed E-state index contributed by atoms with van der Waals surface area (Å²) in [7, 11) is 0. The summed E-state index contributed by atoms with van der Waals surface area (Å²) < 4.78 is 18.4. The molecule has 17 heavy (non-hydrogen) atoms. The van der Waals surface area contributed by atoms with Crippen molar-refractivity contribution in [3.63, 3.8) is 0 Å². The predicted molar refractivity (Wildman–Crippen MR) is 64.5 cm³/mol. The summed E-state index contributed by atoms with van der Waals surface area (Å²) in [6, 6.07) is 4.64. The van der Waals surface area contributed by atoms with E-state index in [-0.39, 0.29) is 11.9 Å². The minimum atomic E-state index is -0.226. The van der Waals surface area contributed by atoms with E-state index in [0.717, 1.165) is 36.1 Å². The maximum atomic E-state index is 13.1. The molecule has 4 heteroatoms. The van der Waals surface area contributed by atoms with Gasteiger partial charge in [0, 0.05) is 0 Å². The van der Waals surface area contributed by atoms with Crippen LogP contribution in [0.3, 0.4) is 0 Å². The molecular formula is C13H17FN2O. The van der Waals surface area contributed by atoms with Gasteiger partial charge in [-0.25, -0.2) is 9.82 Å². The van der Waals surface area contributed by atoms with Crippen LogP contribution in [-0.4, -0.2) is 6.61 Å². The molecule has 0 amide bonds. The minimum absolute atomic E-state index is 0.101. The van der Waals surface area contributed by atoms with Crippen LogP contribution in [0.15, 0.2) is 30.0 Å². The summed E-state index contributed by atoms with van der Waals surface area (Å²) in [6.07, 6.45) is 3.70. The third-order valence-corrected chi connectivity index (χ3v) is 3.04. The molecule has 2 rings (SSSR count). The van der Waals surface area contributed by atoms with E-state index < -0.39 is 0 Å². The van der Waals surface area contributed by atoms with Crippen LogP contribution in [0.4, 0.5) is 4.39 Å². The molecule has 3 N–H and O–H groups in total. The molecule has 1 aliphatic rings. The Morgan fingerprint density at radius 1 is 1.47 bits per heavy atom. The van der Waals surface area contributed by atoms with Crippen molar-refractivity contribution in [1.29, 1.82) is 0 Å². The lowest BCUT2D eigenvalue weighted by atomic mass is 9.93. The largest absolute Gasteiger partial charge is 0.501 e. The average molecular weight is 236 g/mol. The highest BCUT2D eigenvalue weighted by atomic mass is 19.1. The molecule has 3 nitrogen and oxygen atoms in total. The van der Waals surface area contributed by atoms with Crippen LogP contribution < -0.4 is 11.3 Å². The minimum Gasteiger partial charge on any atom is -0.501 e. The number of benzene rings is 1. The van der Waals surface area contributed by atoms with Gasteiger partial charge in [0.1, 0.15) is 5.82 Å². The number of halogens is 1. The third-order valence-electron chi connectivity index (χ3n) is 3.04. The quantitative estimate of drug-likeness (QED) is 0.625. The van der Waals surface area contributed by atoms with E-state index in [0.29, 0.717) is 0 Å². The number of rotatable bonds is 3. The van der Waals surface area contributed by atoms with Gasteiger partial charge in [0.25, 0.3) is 0 Å². The average Bonchev–Trinajstić information content (AvgIpc) is 2.34. The Labute approximate surface area is 100 Å². The summed E-state index contributed by atoms with van der Waals surface area (Å²) in [5, 5.41) is 0. The van der Waals surface area contributed by atoms with E-state index in [2.05, 4.69) is 5.43 Å². The highest BCUT2D eigenvalue weighted by Gasteiger charge is 2.19. The lowest BCUT2D eigenvalue weighted by Crippen LogP contribution is -2.31. The molecule has 1 aliphatic heterocycles. The van der Waals surface area contributed by atoms with Crippen molar-refractivity contribution in [3.05, 3.63) is 47.0 Å². The molecule has 0 spiro atoms. The van der Waals surface area contributed by atoms with E-state index in [1.165, 1.54) is 12.1 Å². The van der Waals surface area contributed by atoms with Crippen molar-refractivity contribution < 1.29 is 9.13 Å². The summed E-state index contributed by atoms with van der Waals surface area (Å²) in [4.78, 5) is 0. The molecule has 1 aromatic carbocycles. The van der Waals surface area contributed by atoms with Crippen molar-refractivity contribution in [2.75, 3.05) is 6.61 Å². The van der Waals surface area contributed by atoms with E-state index in [4.69, 9.17) is 10.6 Å². The Hall–Kier alpha value is -1.39. The molecule has 1 unspecified atom stereocenters. The second-order valence-electron chi connectivity index (χ2n) is 4.27. The molecule has 0 radical (unpaired) electrons. The van der Waals surface area contributed by atoms with Gasteiger partial charge in [-0.15, -0.1) is 0 Å². The first kappa shape index (κ1) is 12.1. The van der Waals surface area contributed by atoms with E-state index in [9.17, 15) is 4.39 Å². The smallest absolute Gasteiger partial charge is 0.123 e. The molecule has 1 heterocycles. The molecular weight excluding hydrogens is 219 g/mol. The second kappa shape index (κ2) is 5.29. The van der Waals surface area contributed by atoms with Gasteiger partial charge < -0.3 is 4.74 Å². The lowest BCUT2D eigenvalue weighted by molar-refractivity contribution is 0.219. The Bertz CT molecular complexity index is 431. The number of nitrogens with two attached hydrogens (primary N) is 1. The highest BCUT2D eigenvalue weighted by molar-refractivity contribution is 5.35.